The van der Waals surface area contributed by atoms with E-state index in [-0.39, 0.29) is 35.8 Å². The van der Waals surface area contributed by atoms with Crippen LogP contribution in [0.3, 0.4) is 0 Å². The first-order valence-electron chi connectivity index (χ1n) is 11.4. The zero-order valence-electron chi connectivity index (χ0n) is 20.6. The van der Waals surface area contributed by atoms with Crippen LogP contribution in [0, 0.1) is 5.82 Å². The molecule has 3 aromatic rings. The van der Waals surface area contributed by atoms with Gasteiger partial charge in [-0.3, -0.25) is 4.79 Å². The van der Waals surface area contributed by atoms with Gasteiger partial charge < -0.3 is 19.7 Å². The van der Waals surface area contributed by atoms with Crippen molar-refractivity contribution in [3.05, 3.63) is 65.6 Å². The minimum atomic E-state index is -4.67. The monoisotopic (exact) mass is 536 g/mol. The summed E-state index contributed by atoms with van der Waals surface area (Å²) in [6, 6.07) is 4.71. The number of rotatable bonds is 4. The molecule has 1 aliphatic rings. The number of alkyl halides is 3. The molecule has 0 spiro atoms. The van der Waals surface area contributed by atoms with Crippen LogP contribution in [-0.4, -0.2) is 61.9 Å². The highest BCUT2D eigenvalue weighted by Gasteiger charge is 2.33. The highest BCUT2D eigenvalue weighted by Crippen LogP contribution is 2.29. The van der Waals surface area contributed by atoms with E-state index in [0.717, 1.165) is 23.3 Å². The molecular formula is C24H24F4N6O4. The molecule has 14 heteroatoms. The van der Waals surface area contributed by atoms with Crippen molar-refractivity contribution in [3.63, 3.8) is 0 Å². The first-order valence-corrected chi connectivity index (χ1v) is 11.4. The number of aromatic nitrogens is 4. The highest BCUT2D eigenvalue weighted by atomic mass is 19.4. The number of hydrogen-bond donors (Lipinski definition) is 1. The number of morpholine rings is 1. The van der Waals surface area contributed by atoms with E-state index in [2.05, 4.69) is 20.4 Å². The molecule has 202 valence electrons. The number of halogens is 4. The van der Waals surface area contributed by atoms with Gasteiger partial charge in [-0.15, -0.1) is 0 Å². The average molecular weight is 536 g/mol. The van der Waals surface area contributed by atoms with Crippen LogP contribution in [0.15, 0.2) is 43.0 Å². The van der Waals surface area contributed by atoms with Crippen LogP contribution >= 0.6 is 0 Å². The van der Waals surface area contributed by atoms with E-state index in [1.165, 1.54) is 23.2 Å². The van der Waals surface area contributed by atoms with Crippen LogP contribution in [0.2, 0.25) is 0 Å². The third kappa shape index (κ3) is 6.43. The maximum Gasteiger partial charge on any atom is 0.433 e. The molecule has 38 heavy (non-hydrogen) atoms. The van der Waals surface area contributed by atoms with Crippen LogP contribution < -0.4 is 5.32 Å². The lowest BCUT2D eigenvalue weighted by Gasteiger charge is -2.34. The van der Waals surface area contributed by atoms with E-state index >= 15 is 0 Å². The third-order valence-electron chi connectivity index (χ3n) is 5.35. The lowest BCUT2D eigenvalue weighted by atomic mass is 10.1. The lowest BCUT2D eigenvalue weighted by molar-refractivity contribution is -0.141. The van der Waals surface area contributed by atoms with Gasteiger partial charge in [-0.2, -0.15) is 18.3 Å². The van der Waals surface area contributed by atoms with E-state index < -0.39 is 41.4 Å². The van der Waals surface area contributed by atoms with Crippen molar-refractivity contribution < 1.29 is 36.6 Å². The molecule has 4 rings (SSSR count). The number of nitrogens with one attached hydrogen (secondary N) is 1. The maximum absolute atomic E-state index is 15.0. The smallest absolute Gasteiger partial charge is 0.433 e. The summed E-state index contributed by atoms with van der Waals surface area (Å²) < 4.78 is 65.7. The number of benzene rings is 1. The van der Waals surface area contributed by atoms with E-state index in [9.17, 15) is 27.2 Å². The number of amides is 2. The maximum atomic E-state index is 15.0. The third-order valence-corrected chi connectivity index (χ3v) is 5.35. The summed E-state index contributed by atoms with van der Waals surface area (Å²) in [6.07, 6.45) is -2.86. The Labute approximate surface area is 214 Å². The van der Waals surface area contributed by atoms with Crippen molar-refractivity contribution in [2.75, 3.05) is 25.0 Å². The molecule has 1 atom stereocenters. The topological polar surface area (TPSA) is 111 Å². The molecule has 1 aliphatic heterocycles. The molecule has 1 aromatic carbocycles. The molecule has 0 aliphatic carbocycles. The Morgan fingerprint density at radius 1 is 1.16 bits per heavy atom. The van der Waals surface area contributed by atoms with E-state index in [1.807, 2.05) is 0 Å². The second kappa shape index (κ2) is 10.4. The summed E-state index contributed by atoms with van der Waals surface area (Å²) in [7, 11) is 0. The number of carbonyl (C=O) groups excluding carboxylic acids is 2. The zero-order valence-corrected chi connectivity index (χ0v) is 20.6. The summed E-state index contributed by atoms with van der Waals surface area (Å²) in [6.45, 7) is 5.85. The number of anilines is 1. The van der Waals surface area contributed by atoms with Crippen LogP contribution in [0.1, 0.15) is 48.5 Å². The van der Waals surface area contributed by atoms with Crippen molar-refractivity contribution in [1.29, 1.82) is 0 Å². The molecule has 0 bridgehead atoms. The lowest BCUT2D eigenvalue weighted by Crippen LogP contribution is -2.44. The SMILES string of the molecule is CC(C)(C)OC(=O)N1CCOC(c2ccc(NC(=O)c3cnn(-c4cc(C(F)(F)F)ncn4)c3)cc2F)C1. The molecule has 1 N–H and O–H groups in total. The number of carbonyl (C=O) groups is 2. The van der Waals surface area contributed by atoms with Gasteiger partial charge in [0.05, 0.1) is 24.9 Å². The number of ether oxygens (including phenoxy) is 2. The second-order valence-electron chi connectivity index (χ2n) is 9.41. The molecule has 2 aromatic heterocycles. The molecule has 3 heterocycles. The fraction of sp³-hybridized carbons (Fsp3) is 0.375. The van der Waals surface area contributed by atoms with E-state index in [0.29, 0.717) is 12.6 Å². The summed E-state index contributed by atoms with van der Waals surface area (Å²) in [5.41, 5.74) is -1.49. The molecule has 1 saturated heterocycles. The van der Waals surface area contributed by atoms with Gasteiger partial charge in [0.15, 0.2) is 5.82 Å². The van der Waals surface area contributed by atoms with Gasteiger partial charge in [-0.25, -0.2) is 23.8 Å². The standard InChI is InChI=1S/C24H24F4N6O4/c1-23(2,3)38-22(36)33-6-7-37-18(12-33)16-5-4-15(8-17(16)25)32-21(35)14-10-31-34(11-14)20-9-19(24(26,27)28)29-13-30-20/h4-5,8-11,13,18H,6-7,12H2,1-3H3,(H,32,35). The predicted molar refractivity (Wildman–Crippen MR) is 125 cm³/mol. The molecule has 0 radical (unpaired) electrons. The Bertz CT molecular complexity index is 1340. The fourth-order valence-electron chi connectivity index (χ4n) is 3.59. The van der Waals surface area contributed by atoms with Gasteiger partial charge in [-0.05, 0) is 32.9 Å². The van der Waals surface area contributed by atoms with Crippen LogP contribution in [0.4, 0.5) is 28.0 Å². The predicted octanol–water partition coefficient (Wildman–Crippen LogP) is 4.38. The molecular weight excluding hydrogens is 512 g/mol. The first-order chi connectivity index (χ1) is 17.8. The average Bonchev–Trinajstić information content (AvgIpc) is 3.33. The van der Waals surface area contributed by atoms with Crippen molar-refractivity contribution in [3.8, 4) is 5.82 Å². The second-order valence-corrected chi connectivity index (χ2v) is 9.41. The molecule has 1 unspecified atom stereocenters. The van der Waals surface area contributed by atoms with Crippen LogP contribution in [0.5, 0.6) is 0 Å². The van der Waals surface area contributed by atoms with Gasteiger partial charge >= 0.3 is 12.3 Å². The molecule has 0 saturated carbocycles. The van der Waals surface area contributed by atoms with E-state index in [1.54, 1.807) is 20.8 Å². The molecule has 10 nitrogen and oxygen atoms in total. The van der Waals surface area contributed by atoms with Gasteiger partial charge in [0.1, 0.15) is 29.5 Å². The fourth-order valence-corrected chi connectivity index (χ4v) is 3.59. The van der Waals surface area contributed by atoms with Crippen LogP contribution in [-0.2, 0) is 15.7 Å². The van der Waals surface area contributed by atoms with Crippen molar-refractivity contribution in [2.45, 2.75) is 38.7 Å². The quantitative estimate of drug-likeness (QED) is 0.493. The molecule has 2 amide bonds. The Morgan fingerprint density at radius 3 is 2.61 bits per heavy atom. The Kier molecular flexibility index (Phi) is 7.35. The van der Waals surface area contributed by atoms with Crippen molar-refractivity contribution in [2.24, 2.45) is 0 Å². The number of nitrogens with zero attached hydrogens (tertiary/aromatic N) is 5. The van der Waals surface area contributed by atoms with E-state index in [4.69, 9.17) is 9.47 Å². The minimum absolute atomic E-state index is 0.00488. The largest absolute Gasteiger partial charge is 0.444 e. The highest BCUT2D eigenvalue weighted by molar-refractivity contribution is 6.04. The summed E-state index contributed by atoms with van der Waals surface area (Å²) >= 11 is 0. The minimum Gasteiger partial charge on any atom is -0.444 e. The van der Waals surface area contributed by atoms with Crippen LogP contribution in [0.25, 0.3) is 5.82 Å². The Morgan fingerprint density at radius 2 is 1.92 bits per heavy atom. The summed E-state index contributed by atoms with van der Waals surface area (Å²) in [4.78, 5) is 33.4. The summed E-state index contributed by atoms with van der Waals surface area (Å²) in [5.74, 6) is -1.51. The van der Waals surface area contributed by atoms with Crippen molar-refractivity contribution >= 4 is 17.7 Å². The zero-order chi connectivity index (χ0) is 27.7. The normalized spacial score (nSPS) is 16.3. The molecule has 1 fully saturated rings. The Hall–Kier alpha value is -4.07. The first kappa shape index (κ1) is 27.0. The van der Waals surface area contributed by atoms with Gasteiger partial charge in [-0.1, -0.05) is 6.07 Å². The summed E-state index contributed by atoms with van der Waals surface area (Å²) in [5, 5.41) is 6.39. The Balaban J connectivity index is 1.43. The van der Waals surface area contributed by atoms with Gasteiger partial charge in [0, 0.05) is 30.1 Å². The van der Waals surface area contributed by atoms with Gasteiger partial charge in [0.25, 0.3) is 5.91 Å². The van der Waals surface area contributed by atoms with Crippen molar-refractivity contribution in [1.82, 2.24) is 24.6 Å². The number of hydrogen-bond acceptors (Lipinski definition) is 7. The van der Waals surface area contributed by atoms with Gasteiger partial charge in [0.2, 0.25) is 0 Å².